The summed E-state index contributed by atoms with van der Waals surface area (Å²) in [6, 6.07) is 9.42. The second-order valence-electron chi connectivity index (χ2n) is 5.99. The van der Waals surface area contributed by atoms with Crippen LogP contribution in [-0.2, 0) is 0 Å². The van der Waals surface area contributed by atoms with Gasteiger partial charge in [-0.2, -0.15) is 0 Å². The van der Waals surface area contributed by atoms with Gasteiger partial charge < -0.3 is 15.1 Å². The van der Waals surface area contributed by atoms with Gasteiger partial charge >= 0.3 is 6.03 Å². The Labute approximate surface area is 155 Å². The van der Waals surface area contributed by atoms with E-state index in [2.05, 4.69) is 25.2 Å². The summed E-state index contributed by atoms with van der Waals surface area (Å²) in [6.07, 6.45) is 5.15. The van der Waals surface area contributed by atoms with E-state index in [1.807, 2.05) is 30.3 Å². The molecule has 1 aliphatic rings. The summed E-state index contributed by atoms with van der Waals surface area (Å²) in [7, 11) is 0. The lowest BCUT2D eigenvalue weighted by Gasteiger charge is -2.35. The lowest BCUT2D eigenvalue weighted by atomic mass is 10.1. The maximum Gasteiger partial charge on any atom is 0.321 e. The highest BCUT2D eigenvalue weighted by Crippen LogP contribution is 2.23. The largest absolute Gasteiger partial charge is 0.353 e. The summed E-state index contributed by atoms with van der Waals surface area (Å²) in [5, 5.41) is 5.22. The molecule has 0 radical (unpaired) electrons. The van der Waals surface area contributed by atoms with Crippen LogP contribution in [0.3, 0.4) is 0 Å². The molecule has 2 amide bonds. The standard InChI is InChI=1S/C18H17ClN6O/c19-17-21-7-5-16(23-17)24-8-10-25(11-9-24)18(26)22-15-3-1-2-13-12-20-6-4-14(13)15/h1-7,12H,8-11H2,(H,22,26). The van der Waals surface area contributed by atoms with Gasteiger partial charge in [0, 0.05) is 55.5 Å². The molecule has 132 valence electrons. The number of fused-ring (bicyclic) bond motifs is 1. The Balaban J connectivity index is 1.42. The molecular formula is C18H17ClN6O. The molecule has 1 N–H and O–H groups in total. The Morgan fingerprint density at radius 2 is 1.92 bits per heavy atom. The molecule has 0 unspecified atom stereocenters. The van der Waals surface area contributed by atoms with Crippen LogP contribution in [0.15, 0.2) is 48.9 Å². The Bertz CT molecular complexity index is 936. The highest BCUT2D eigenvalue weighted by atomic mass is 35.5. The fourth-order valence-corrected chi connectivity index (χ4v) is 3.21. The fourth-order valence-electron chi connectivity index (χ4n) is 3.07. The van der Waals surface area contributed by atoms with Crippen molar-refractivity contribution in [3.63, 3.8) is 0 Å². The first-order chi connectivity index (χ1) is 12.7. The monoisotopic (exact) mass is 368 g/mol. The van der Waals surface area contributed by atoms with Crippen molar-refractivity contribution in [2.75, 3.05) is 36.4 Å². The van der Waals surface area contributed by atoms with E-state index >= 15 is 0 Å². The van der Waals surface area contributed by atoms with Gasteiger partial charge in [-0.15, -0.1) is 0 Å². The second kappa shape index (κ2) is 7.13. The maximum atomic E-state index is 12.6. The smallest absolute Gasteiger partial charge is 0.321 e. The minimum atomic E-state index is -0.102. The van der Waals surface area contributed by atoms with E-state index in [1.54, 1.807) is 23.5 Å². The van der Waals surface area contributed by atoms with E-state index < -0.39 is 0 Å². The fraction of sp³-hybridized carbons (Fsp3) is 0.222. The quantitative estimate of drug-likeness (QED) is 0.704. The van der Waals surface area contributed by atoms with Crippen molar-refractivity contribution in [1.82, 2.24) is 19.9 Å². The van der Waals surface area contributed by atoms with Crippen molar-refractivity contribution < 1.29 is 4.79 Å². The van der Waals surface area contributed by atoms with Crippen LogP contribution >= 0.6 is 11.6 Å². The van der Waals surface area contributed by atoms with Gasteiger partial charge in [-0.1, -0.05) is 12.1 Å². The van der Waals surface area contributed by atoms with E-state index in [0.717, 1.165) is 22.3 Å². The van der Waals surface area contributed by atoms with Crippen molar-refractivity contribution in [3.05, 3.63) is 54.2 Å². The van der Waals surface area contributed by atoms with Gasteiger partial charge in [0.15, 0.2) is 0 Å². The van der Waals surface area contributed by atoms with Crippen molar-refractivity contribution in [3.8, 4) is 0 Å². The third-order valence-electron chi connectivity index (χ3n) is 4.42. The number of amides is 2. The lowest BCUT2D eigenvalue weighted by molar-refractivity contribution is 0.208. The van der Waals surface area contributed by atoms with Crippen LogP contribution in [0, 0.1) is 0 Å². The molecule has 0 saturated carbocycles. The average Bonchev–Trinajstić information content (AvgIpc) is 2.68. The van der Waals surface area contributed by atoms with Crippen LogP contribution in [0.1, 0.15) is 0 Å². The Morgan fingerprint density at radius 3 is 2.73 bits per heavy atom. The normalized spacial score (nSPS) is 14.5. The van der Waals surface area contributed by atoms with Crippen LogP contribution < -0.4 is 10.2 Å². The Morgan fingerprint density at radius 1 is 1.08 bits per heavy atom. The summed E-state index contributed by atoms with van der Waals surface area (Å²) in [6.45, 7) is 2.61. The molecule has 8 heteroatoms. The first-order valence-corrected chi connectivity index (χ1v) is 8.71. The summed E-state index contributed by atoms with van der Waals surface area (Å²) in [5.41, 5.74) is 0.792. The SMILES string of the molecule is O=C(Nc1cccc2cnccc12)N1CCN(c2ccnc(Cl)n2)CC1. The second-order valence-corrected chi connectivity index (χ2v) is 6.33. The van der Waals surface area contributed by atoms with E-state index in [9.17, 15) is 4.79 Å². The molecule has 0 atom stereocenters. The van der Waals surface area contributed by atoms with Crippen LogP contribution in [0.5, 0.6) is 0 Å². The number of rotatable bonds is 2. The van der Waals surface area contributed by atoms with Gasteiger partial charge in [-0.25, -0.2) is 14.8 Å². The van der Waals surface area contributed by atoms with E-state index in [4.69, 9.17) is 11.6 Å². The van der Waals surface area contributed by atoms with Crippen molar-refractivity contribution in [1.29, 1.82) is 0 Å². The number of urea groups is 1. The molecule has 0 aliphatic carbocycles. The van der Waals surface area contributed by atoms with Gasteiger partial charge in [0.05, 0.1) is 5.69 Å². The van der Waals surface area contributed by atoms with Gasteiger partial charge in [0.25, 0.3) is 0 Å². The first-order valence-electron chi connectivity index (χ1n) is 8.33. The van der Waals surface area contributed by atoms with E-state index in [-0.39, 0.29) is 11.3 Å². The molecule has 4 rings (SSSR count). The minimum Gasteiger partial charge on any atom is -0.353 e. The predicted molar refractivity (Wildman–Crippen MR) is 102 cm³/mol. The summed E-state index contributed by atoms with van der Waals surface area (Å²) < 4.78 is 0. The topological polar surface area (TPSA) is 74.2 Å². The molecule has 0 spiro atoms. The van der Waals surface area contributed by atoms with Crippen LogP contribution in [-0.4, -0.2) is 52.1 Å². The van der Waals surface area contributed by atoms with E-state index in [0.29, 0.717) is 26.2 Å². The number of piperazine rings is 1. The van der Waals surface area contributed by atoms with Crippen molar-refractivity contribution in [2.45, 2.75) is 0 Å². The zero-order chi connectivity index (χ0) is 17.9. The molecule has 26 heavy (non-hydrogen) atoms. The summed E-state index contributed by atoms with van der Waals surface area (Å²) >= 11 is 5.85. The minimum absolute atomic E-state index is 0.102. The van der Waals surface area contributed by atoms with Gasteiger partial charge in [-0.3, -0.25) is 4.98 Å². The number of carbonyl (C=O) groups is 1. The van der Waals surface area contributed by atoms with Gasteiger partial charge in [0.2, 0.25) is 5.28 Å². The van der Waals surface area contributed by atoms with Crippen molar-refractivity contribution >= 4 is 39.9 Å². The zero-order valence-corrected chi connectivity index (χ0v) is 14.7. The van der Waals surface area contributed by atoms with Gasteiger partial charge in [-0.05, 0) is 29.8 Å². The number of anilines is 2. The predicted octanol–water partition coefficient (Wildman–Crippen LogP) is 3.03. The molecule has 1 saturated heterocycles. The number of nitrogens with one attached hydrogen (secondary N) is 1. The third kappa shape index (κ3) is 3.39. The van der Waals surface area contributed by atoms with Crippen LogP contribution in [0.2, 0.25) is 5.28 Å². The van der Waals surface area contributed by atoms with Gasteiger partial charge in [0.1, 0.15) is 5.82 Å². The number of aromatic nitrogens is 3. The molecule has 1 fully saturated rings. The molecule has 1 aromatic carbocycles. The maximum absolute atomic E-state index is 12.6. The highest BCUT2D eigenvalue weighted by Gasteiger charge is 2.22. The van der Waals surface area contributed by atoms with Crippen LogP contribution in [0.4, 0.5) is 16.3 Å². The lowest BCUT2D eigenvalue weighted by Crippen LogP contribution is -2.50. The number of halogens is 1. The molecule has 3 heterocycles. The molecule has 1 aliphatic heterocycles. The number of nitrogens with zero attached hydrogens (tertiary/aromatic N) is 5. The number of hydrogen-bond acceptors (Lipinski definition) is 5. The van der Waals surface area contributed by atoms with Crippen LogP contribution in [0.25, 0.3) is 10.8 Å². The summed E-state index contributed by atoms with van der Waals surface area (Å²) in [4.78, 5) is 28.8. The Kier molecular flexibility index (Phi) is 4.53. The zero-order valence-electron chi connectivity index (χ0n) is 14.0. The highest BCUT2D eigenvalue weighted by molar-refractivity contribution is 6.28. The molecule has 3 aromatic rings. The Hall–Kier alpha value is -2.93. The van der Waals surface area contributed by atoms with Crippen molar-refractivity contribution in [2.24, 2.45) is 0 Å². The molecule has 2 aromatic heterocycles. The first kappa shape index (κ1) is 16.5. The third-order valence-corrected chi connectivity index (χ3v) is 4.61. The molecule has 7 nitrogen and oxygen atoms in total. The number of hydrogen-bond donors (Lipinski definition) is 1. The number of pyridine rings is 1. The molecular weight excluding hydrogens is 352 g/mol. The molecule has 0 bridgehead atoms. The summed E-state index contributed by atoms with van der Waals surface area (Å²) in [5.74, 6) is 0.784. The average molecular weight is 369 g/mol. The number of benzene rings is 1. The van der Waals surface area contributed by atoms with E-state index in [1.165, 1.54) is 0 Å². The number of carbonyl (C=O) groups excluding carboxylic acids is 1.